The molecule has 142 valence electrons. The highest BCUT2D eigenvalue weighted by atomic mass is 16.5. The molecule has 0 aliphatic rings. The third-order valence-corrected chi connectivity index (χ3v) is 4.01. The number of aryl methyl sites for hydroxylation is 1. The van der Waals surface area contributed by atoms with Crippen LogP contribution in [0.2, 0.25) is 0 Å². The van der Waals surface area contributed by atoms with E-state index in [0.29, 0.717) is 6.61 Å². The first-order valence-electron chi connectivity index (χ1n) is 9.08. The molecule has 5 heteroatoms. The molecule has 0 spiro atoms. The zero-order valence-corrected chi connectivity index (χ0v) is 15.8. The van der Waals surface area contributed by atoms with Crippen LogP contribution in [0.1, 0.15) is 16.7 Å². The minimum atomic E-state index is -0.215. The second-order valence-corrected chi connectivity index (χ2v) is 6.36. The van der Waals surface area contributed by atoms with Gasteiger partial charge in [0.15, 0.2) is 0 Å². The lowest BCUT2D eigenvalue weighted by atomic mass is 10.2. The number of carbonyl (C=O) groups is 1. The molecule has 0 aliphatic carbocycles. The van der Waals surface area contributed by atoms with Crippen LogP contribution in [0.4, 0.5) is 5.69 Å². The number of hydrogen-bond donors (Lipinski definition) is 2. The smallest absolute Gasteiger partial charge is 0.259 e. The van der Waals surface area contributed by atoms with Gasteiger partial charge >= 0.3 is 0 Å². The van der Waals surface area contributed by atoms with Crippen LogP contribution in [0.3, 0.4) is 0 Å². The highest BCUT2D eigenvalue weighted by Crippen LogP contribution is 2.14. The van der Waals surface area contributed by atoms with Crippen LogP contribution in [-0.4, -0.2) is 18.7 Å². The van der Waals surface area contributed by atoms with E-state index in [9.17, 15) is 4.79 Å². The van der Waals surface area contributed by atoms with E-state index >= 15 is 0 Å². The summed E-state index contributed by atoms with van der Waals surface area (Å²) in [5.74, 6) is 0.536. The molecule has 0 aliphatic heterocycles. The van der Waals surface area contributed by atoms with E-state index in [-0.39, 0.29) is 12.5 Å². The molecule has 3 aromatic rings. The third kappa shape index (κ3) is 6.29. The lowest BCUT2D eigenvalue weighted by Gasteiger charge is -2.07. The summed E-state index contributed by atoms with van der Waals surface area (Å²) in [6.07, 6.45) is 1.60. The van der Waals surface area contributed by atoms with Crippen molar-refractivity contribution in [1.82, 2.24) is 5.43 Å². The van der Waals surface area contributed by atoms with Crippen molar-refractivity contribution in [3.05, 3.63) is 95.6 Å². The van der Waals surface area contributed by atoms with E-state index in [0.717, 1.165) is 22.6 Å². The molecule has 0 heterocycles. The number of nitrogens with zero attached hydrogens (tertiary/aromatic N) is 1. The van der Waals surface area contributed by atoms with Gasteiger partial charge in [0.1, 0.15) is 12.4 Å². The molecule has 0 atom stereocenters. The van der Waals surface area contributed by atoms with Crippen molar-refractivity contribution in [2.45, 2.75) is 13.5 Å². The quantitative estimate of drug-likeness (QED) is 0.461. The van der Waals surface area contributed by atoms with Gasteiger partial charge in [-0.05, 0) is 42.3 Å². The molecule has 0 fully saturated rings. The molecule has 0 unspecified atom stereocenters. The molecule has 0 saturated carbocycles. The zero-order chi connectivity index (χ0) is 19.6. The first-order valence-corrected chi connectivity index (χ1v) is 9.08. The van der Waals surface area contributed by atoms with E-state index in [1.165, 1.54) is 5.56 Å². The van der Waals surface area contributed by atoms with Gasteiger partial charge in [-0.25, -0.2) is 5.43 Å². The second kappa shape index (κ2) is 9.92. The Morgan fingerprint density at radius 2 is 1.79 bits per heavy atom. The molecule has 3 rings (SSSR count). The monoisotopic (exact) mass is 373 g/mol. The van der Waals surface area contributed by atoms with Gasteiger partial charge in [-0.2, -0.15) is 5.10 Å². The van der Waals surface area contributed by atoms with Gasteiger partial charge in [0.25, 0.3) is 5.91 Å². The van der Waals surface area contributed by atoms with Crippen molar-refractivity contribution in [2.24, 2.45) is 5.10 Å². The standard InChI is InChI=1S/C23H23N3O2/c1-18-10-12-21(13-11-18)24-16-23(27)26-25-15-20-8-5-9-22(14-20)28-17-19-6-3-2-4-7-19/h2-15,24H,16-17H2,1H3,(H,26,27). The van der Waals surface area contributed by atoms with Crippen molar-refractivity contribution in [3.8, 4) is 5.75 Å². The predicted octanol–water partition coefficient (Wildman–Crippen LogP) is 4.14. The Balaban J connectivity index is 1.45. The van der Waals surface area contributed by atoms with E-state index in [1.807, 2.05) is 85.8 Å². The highest BCUT2D eigenvalue weighted by molar-refractivity contribution is 5.84. The normalized spacial score (nSPS) is 10.6. The van der Waals surface area contributed by atoms with E-state index in [4.69, 9.17) is 4.74 Å². The molecule has 1 amide bonds. The van der Waals surface area contributed by atoms with Crippen LogP contribution in [0, 0.1) is 6.92 Å². The maximum Gasteiger partial charge on any atom is 0.259 e. The van der Waals surface area contributed by atoms with Crippen LogP contribution in [0.25, 0.3) is 0 Å². The first kappa shape index (κ1) is 19.2. The van der Waals surface area contributed by atoms with Gasteiger partial charge in [-0.1, -0.05) is 60.2 Å². The van der Waals surface area contributed by atoms with E-state index in [2.05, 4.69) is 15.8 Å². The van der Waals surface area contributed by atoms with Crippen LogP contribution in [0.5, 0.6) is 5.75 Å². The Labute approximate surface area is 165 Å². The van der Waals surface area contributed by atoms with Gasteiger partial charge in [0.2, 0.25) is 0 Å². The van der Waals surface area contributed by atoms with Gasteiger partial charge in [0.05, 0.1) is 12.8 Å². The molecule has 0 bridgehead atoms. The summed E-state index contributed by atoms with van der Waals surface area (Å²) < 4.78 is 5.80. The number of hydrazone groups is 1. The molecular formula is C23H23N3O2. The lowest BCUT2D eigenvalue weighted by molar-refractivity contribution is -0.119. The Morgan fingerprint density at radius 1 is 1.00 bits per heavy atom. The summed E-state index contributed by atoms with van der Waals surface area (Å²) in [4.78, 5) is 11.9. The molecule has 3 aromatic carbocycles. The molecule has 5 nitrogen and oxygen atoms in total. The molecule has 0 saturated heterocycles. The number of carbonyl (C=O) groups excluding carboxylic acids is 1. The van der Waals surface area contributed by atoms with Gasteiger partial charge in [-0.3, -0.25) is 4.79 Å². The van der Waals surface area contributed by atoms with Gasteiger partial charge in [0, 0.05) is 5.69 Å². The summed E-state index contributed by atoms with van der Waals surface area (Å²) in [7, 11) is 0. The predicted molar refractivity (Wildman–Crippen MR) is 113 cm³/mol. The van der Waals surface area contributed by atoms with Crippen molar-refractivity contribution in [1.29, 1.82) is 0 Å². The number of benzene rings is 3. The lowest BCUT2D eigenvalue weighted by Crippen LogP contribution is -2.25. The van der Waals surface area contributed by atoms with Crippen LogP contribution < -0.4 is 15.5 Å². The maximum absolute atomic E-state index is 11.9. The Hall–Kier alpha value is -3.60. The summed E-state index contributed by atoms with van der Waals surface area (Å²) >= 11 is 0. The van der Waals surface area contributed by atoms with Gasteiger partial charge < -0.3 is 10.1 Å². The zero-order valence-electron chi connectivity index (χ0n) is 15.8. The summed E-state index contributed by atoms with van der Waals surface area (Å²) in [5.41, 5.74) is 6.54. The Bertz CT molecular complexity index is 922. The number of amides is 1. The minimum Gasteiger partial charge on any atom is -0.489 e. The fourth-order valence-corrected chi connectivity index (χ4v) is 2.50. The molecule has 0 radical (unpaired) electrons. The van der Waals surface area contributed by atoms with Crippen LogP contribution in [0.15, 0.2) is 84.0 Å². The first-order chi connectivity index (χ1) is 13.7. The van der Waals surface area contributed by atoms with Crippen LogP contribution in [-0.2, 0) is 11.4 Å². The average Bonchev–Trinajstić information content (AvgIpc) is 2.73. The van der Waals surface area contributed by atoms with Crippen molar-refractivity contribution >= 4 is 17.8 Å². The average molecular weight is 373 g/mol. The third-order valence-electron chi connectivity index (χ3n) is 4.01. The topological polar surface area (TPSA) is 62.7 Å². The van der Waals surface area contributed by atoms with Crippen molar-refractivity contribution in [2.75, 3.05) is 11.9 Å². The van der Waals surface area contributed by atoms with Crippen molar-refractivity contribution in [3.63, 3.8) is 0 Å². The SMILES string of the molecule is Cc1ccc(NCC(=O)NN=Cc2cccc(OCc3ccccc3)c2)cc1. The fourth-order valence-electron chi connectivity index (χ4n) is 2.50. The Morgan fingerprint density at radius 3 is 2.57 bits per heavy atom. The highest BCUT2D eigenvalue weighted by Gasteiger charge is 2.00. The number of nitrogens with one attached hydrogen (secondary N) is 2. The number of anilines is 1. The van der Waals surface area contributed by atoms with Gasteiger partial charge in [-0.15, -0.1) is 0 Å². The van der Waals surface area contributed by atoms with Crippen LogP contribution >= 0.6 is 0 Å². The summed E-state index contributed by atoms with van der Waals surface area (Å²) in [6, 6.07) is 25.4. The minimum absolute atomic E-state index is 0.153. The van der Waals surface area contributed by atoms with Crippen molar-refractivity contribution < 1.29 is 9.53 Å². The number of rotatable bonds is 8. The largest absolute Gasteiger partial charge is 0.489 e. The second-order valence-electron chi connectivity index (χ2n) is 6.36. The molecule has 28 heavy (non-hydrogen) atoms. The van der Waals surface area contributed by atoms with E-state index < -0.39 is 0 Å². The summed E-state index contributed by atoms with van der Waals surface area (Å²) in [5, 5.41) is 7.06. The number of ether oxygens (including phenoxy) is 1. The Kier molecular flexibility index (Phi) is 6.79. The fraction of sp³-hybridized carbons (Fsp3) is 0.130. The molecule has 0 aromatic heterocycles. The molecular weight excluding hydrogens is 350 g/mol. The van der Waals surface area contributed by atoms with E-state index in [1.54, 1.807) is 6.21 Å². The molecule has 2 N–H and O–H groups in total. The summed E-state index contributed by atoms with van der Waals surface area (Å²) in [6.45, 7) is 2.68. The number of hydrogen-bond acceptors (Lipinski definition) is 4. The maximum atomic E-state index is 11.9.